The zero-order valence-electron chi connectivity index (χ0n) is 8.67. The third kappa shape index (κ3) is 1.17. The number of nitrogens with two attached hydrogens (primary N) is 1. The second-order valence-electron chi connectivity index (χ2n) is 5.37. The van der Waals surface area contributed by atoms with Gasteiger partial charge in [0.2, 0.25) is 0 Å². The molecule has 3 rings (SSSR count). The largest absolute Gasteiger partial charge is 0.411 e. The van der Waals surface area contributed by atoms with Crippen molar-refractivity contribution in [1.29, 1.82) is 0 Å². The Balaban J connectivity index is 2.34. The average Bonchev–Trinajstić information content (AvgIpc) is 2.01. The zero-order chi connectivity index (χ0) is 9.69. The van der Waals surface area contributed by atoms with Crippen LogP contribution in [0.5, 0.6) is 0 Å². The van der Waals surface area contributed by atoms with Gasteiger partial charge in [0.05, 0.1) is 5.54 Å². The minimum atomic E-state index is 0.0625. The standard InChI is InChI=1S/C10H18N2O/c1-9(2)7-4-5-10(3,12-9)8(6-7)11-13/h7,12-13H,4-6H2,1-3H3/p+1/b11-8-/t7-,10+/m0/s1. The van der Waals surface area contributed by atoms with Crippen molar-refractivity contribution in [3.8, 4) is 0 Å². The van der Waals surface area contributed by atoms with Gasteiger partial charge >= 0.3 is 0 Å². The maximum atomic E-state index is 8.92. The van der Waals surface area contributed by atoms with Crippen LogP contribution in [0.3, 0.4) is 0 Å². The van der Waals surface area contributed by atoms with Crippen molar-refractivity contribution in [3.05, 3.63) is 0 Å². The van der Waals surface area contributed by atoms with E-state index in [4.69, 9.17) is 5.21 Å². The summed E-state index contributed by atoms with van der Waals surface area (Å²) in [6, 6.07) is 0. The quantitative estimate of drug-likeness (QED) is 0.422. The summed E-state index contributed by atoms with van der Waals surface area (Å²) in [5, 5.41) is 14.8. The van der Waals surface area contributed by atoms with Crippen LogP contribution in [0.25, 0.3) is 0 Å². The maximum Gasteiger partial charge on any atom is 0.136 e. The normalized spacial score (nSPS) is 45.5. The molecule has 2 heterocycles. The minimum absolute atomic E-state index is 0.0625. The van der Waals surface area contributed by atoms with Gasteiger partial charge in [0.25, 0.3) is 0 Å². The predicted octanol–water partition coefficient (Wildman–Crippen LogP) is 0.731. The molecule has 0 radical (unpaired) electrons. The maximum absolute atomic E-state index is 8.92. The van der Waals surface area contributed by atoms with Crippen LogP contribution >= 0.6 is 0 Å². The van der Waals surface area contributed by atoms with E-state index in [0.29, 0.717) is 11.5 Å². The van der Waals surface area contributed by atoms with E-state index in [2.05, 4.69) is 31.2 Å². The van der Waals surface area contributed by atoms with E-state index in [9.17, 15) is 0 Å². The molecule has 0 aromatic carbocycles. The highest BCUT2D eigenvalue weighted by atomic mass is 16.4. The summed E-state index contributed by atoms with van der Waals surface area (Å²) in [6.45, 7) is 6.78. The van der Waals surface area contributed by atoms with Crippen LogP contribution in [-0.2, 0) is 0 Å². The van der Waals surface area contributed by atoms with Crippen LogP contribution in [0.15, 0.2) is 5.16 Å². The van der Waals surface area contributed by atoms with Crippen molar-refractivity contribution in [2.24, 2.45) is 11.1 Å². The Morgan fingerprint density at radius 3 is 2.62 bits per heavy atom. The molecule has 13 heavy (non-hydrogen) atoms. The van der Waals surface area contributed by atoms with E-state index in [-0.39, 0.29) is 5.54 Å². The van der Waals surface area contributed by atoms with Crippen molar-refractivity contribution in [1.82, 2.24) is 0 Å². The highest BCUT2D eigenvalue weighted by molar-refractivity contribution is 5.92. The molecule has 0 amide bonds. The van der Waals surface area contributed by atoms with E-state index in [1.807, 2.05) is 0 Å². The van der Waals surface area contributed by atoms with Crippen LogP contribution in [0.2, 0.25) is 0 Å². The van der Waals surface area contributed by atoms with Crippen molar-refractivity contribution in [2.75, 3.05) is 0 Å². The molecular formula is C10H19N2O+. The number of fused-ring (bicyclic) bond motifs is 3. The van der Waals surface area contributed by atoms with Gasteiger partial charge < -0.3 is 10.5 Å². The molecule has 2 saturated heterocycles. The number of hydrogen-bond donors (Lipinski definition) is 2. The lowest BCUT2D eigenvalue weighted by molar-refractivity contribution is -0.787. The Morgan fingerprint density at radius 1 is 1.46 bits per heavy atom. The molecule has 2 bridgehead atoms. The fourth-order valence-corrected chi connectivity index (χ4v) is 3.07. The lowest BCUT2D eigenvalue weighted by Crippen LogP contribution is -3.10. The molecule has 2 atom stereocenters. The first-order valence-electron chi connectivity index (χ1n) is 5.06. The van der Waals surface area contributed by atoms with E-state index >= 15 is 0 Å². The number of nitrogens with zero attached hydrogens (tertiary/aromatic N) is 1. The molecule has 3 nitrogen and oxygen atoms in total. The number of hydrogen-bond acceptors (Lipinski definition) is 2. The van der Waals surface area contributed by atoms with Crippen LogP contribution in [0.4, 0.5) is 0 Å². The Labute approximate surface area is 79.2 Å². The van der Waals surface area contributed by atoms with Gasteiger partial charge in [0.1, 0.15) is 11.3 Å². The fraction of sp³-hybridized carbons (Fsp3) is 0.900. The predicted molar refractivity (Wildman–Crippen MR) is 51.0 cm³/mol. The molecule has 0 aromatic rings. The van der Waals surface area contributed by atoms with Gasteiger partial charge in [-0.3, -0.25) is 0 Å². The summed E-state index contributed by atoms with van der Waals surface area (Å²) in [5.74, 6) is 0.681. The number of quaternary nitrogens is 1. The Bertz CT molecular complexity index is 260. The lowest BCUT2D eigenvalue weighted by atomic mass is 9.63. The van der Waals surface area contributed by atoms with Gasteiger partial charge in [-0.2, -0.15) is 0 Å². The molecule has 1 saturated carbocycles. The monoisotopic (exact) mass is 183 g/mol. The van der Waals surface area contributed by atoms with Crippen molar-refractivity contribution < 1.29 is 10.5 Å². The van der Waals surface area contributed by atoms with Crippen LogP contribution in [0.1, 0.15) is 40.0 Å². The zero-order valence-corrected chi connectivity index (χ0v) is 8.67. The molecule has 3 fully saturated rings. The lowest BCUT2D eigenvalue weighted by Gasteiger charge is -2.51. The molecule has 0 aromatic heterocycles. The molecule has 2 aliphatic heterocycles. The summed E-state index contributed by atoms with van der Waals surface area (Å²) in [4.78, 5) is 0. The summed E-state index contributed by atoms with van der Waals surface area (Å²) in [5.41, 5.74) is 1.37. The third-order valence-corrected chi connectivity index (χ3v) is 3.97. The van der Waals surface area contributed by atoms with Gasteiger partial charge in [0.15, 0.2) is 0 Å². The molecule has 74 valence electrons. The van der Waals surface area contributed by atoms with Crippen molar-refractivity contribution in [2.45, 2.75) is 51.1 Å². The average molecular weight is 183 g/mol. The van der Waals surface area contributed by atoms with Crippen molar-refractivity contribution in [3.63, 3.8) is 0 Å². The van der Waals surface area contributed by atoms with E-state index < -0.39 is 0 Å². The smallest absolute Gasteiger partial charge is 0.136 e. The van der Waals surface area contributed by atoms with Crippen LogP contribution < -0.4 is 5.32 Å². The first-order valence-corrected chi connectivity index (χ1v) is 5.06. The second kappa shape index (κ2) is 2.47. The molecular weight excluding hydrogens is 164 g/mol. The number of oxime groups is 1. The Morgan fingerprint density at radius 2 is 2.15 bits per heavy atom. The third-order valence-electron chi connectivity index (χ3n) is 3.97. The first kappa shape index (κ1) is 9.00. The summed E-state index contributed by atoms with van der Waals surface area (Å²) < 4.78 is 0. The van der Waals surface area contributed by atoms with Crippen molar-refractivity contribution >= 4 is 5.71 Å². The van der Waals surface area contributed by atoms with Gasteiger partial charge in [-0.25, -0.2) is 0 Å². The van der Waals surface area contributed by atoms with E-state index in [1.165, 1.54) is 6.42 Å². The molecule has 0 spiro atoms. The Kier molecular flexibility index (Phi) is 1.71. The summed E-state index contributed by atoms with van der Waals surface area (Å²) >= 11 is 0. The molecule has 3 aliphatic rings. The summed E-state index contributed by atoms with van der Waals surface area (Å²) in [7, 11) is 0. The molecule has 3 heteroatoms. The van der Waals surface area contributed by atoms with E-state index in [0.717, 1.165) is 18.6 Å². The highest BCUT2D eigenvalue weighted by Gasteiger charge is 2.54. The second-order valence-corrected chi connectivity index (χ2v) is 5.37. The number of rotatable bonds is 0. The molecule has 1 aliphatic carbocycles. The SMILES string of the molecule is CC1(C)[NH2+][C@]2(C)CC[C@H]1C/C2=N/O. The fourth-order valence-electron chi connectivity index (χ4n) is 3.07. The van der Waals surface area contributed by atoms with Crippen LogP contribution in [0, 0.1) is 5.92 Å². The number of piperidine rings is 2. The van der Waals surface area contributed by atoms with Gasteiger partial charge in [0, 0.05) is 18.8 Å². The summed E-state index contributed by atoms with van der Waals surface area (Å²) in [6.07, 6.45) is 3.41. The van der Waals surface area contributed by atoms with Gasteiger partial charge in [-0.15, -0.1) is 0 Å². The van der Waals surface area contributed by atoms with Gasteiger partial charge in [-0.05, 0) is 27.2 Å². The topological polar surface area (TPSA) is 49.2 Å². The highest BCUT2D eigenvalue weighted by Crippen LogP contribution is 2.37. The first-order chi connectivity index (χ1) is 5.98. The van der Waals surface area contributed by atoms with Crippen LogP contribution in [-0.4, -0.2) is 22.0 Å². The molecule has 0 unspecified atom stereocenters. The minimum Gasteiger partial charge on any atom is -0.411 e. The van der Waals surface area contributed by atoms with E-state index in [1.54, 1.807) is 0 Å². The van der Waals surface area contributed by atoms with Gasteiger partial charge in [-0.1, -0.05) is 5.16 Å². The molecule has 3 N–H and O–H groups in total. The Hall–Kier alpha value is -0.570.